The fraction of sp³-hybridized carbons (Fsp3) is 0.150. The molecule has 0 radical (unpaired) electrons. The van der Waals surface area contributed by atoms with E-state index in [4.69, 9.17) is 9.47 Å². The molecule has 3 aromatic rings. The normalized spacial score (nSPS) is 11.9. The topological polar surface area (TPSA) is 85.4 Å². The Labute approximate surface area is 156 Å². The Bertz CT molecular complexity index is 956. The highest BCUT2D eigenvalue weighted by molar-refractivity contribution is 6.02. The number of fused-ring (bicyclic) bond motifs is 1. The van der Waals surface area contributed by atoms with Crippen LogP contribution in [-0.2, 0) is 6.54 Å². The zero-order chi connectivity index (χ0) is 18.6. The Morgan fingerprint density at radius 1 is 1.04 bits per heavy atom. The maximum Gasteiger partial charge on any atom is 0.275 e. The first-order valence-electron chi connectivity index (χ1n) is 8.50. The minimum atomic E-state index is -0.341. The summed E-state index contributed by atoms with van der Waals surface area (Å²) in [5, 5.41) is 5.96. The molecule has 0 spiro atoms. The molecule has 2 heterocycles. The van der Waals surface area contributed by atoms with Crippen LogP contribution in [0.4, 0.5) is 11.5 Å². The highest BCUT2D eigenvalue weighted by Gasteiger charge is 2.15. The average Bonchev–Trinajstić information content (AvgIpc) is 3.16. The molecule has 1 aromatic heterocycles. The summed E-state index contributed by atoms with van der Waals surface area (Å²) in [6.45, 7) is 2.88. The molecule has 0 fully saturated rings. The lowest BCUT2D eigenvalue weighted by Gasteiger charge is -2.08. The molecule has 27 heavy (non-hydrogen) atoms. The molecule has 2 aromatic carbocycles. The van der Waals surface area contributed by atoms with E-state index in [-0.39, 0.29) is 18.4 Å². The number of carbonyl (C=O) groups is 1. The van der Waals surface area contributed by atoms with Gasteiger partial charge in [-0.05, 0) is 24.6 Å². The third kappa shape index (κ3) is 3.98. The van der Waals surface area contributed by atoms with Gasteiger partial charge in [0.1, 0.15) is 11.5 Å². The number of aromatic nitrogens is 2. The number of nitrogens with one attached hydrogen (secondary N) is 2. The molecule has 1 aliphatic heterocycles. The lowest BCUT2D eigenvalue weighted by molar-refractivity contribution is 0.102. The Morgan fingerprint density at radius 2 is 1.85 bits per heavy atom. The summed E-state index contributed by atoms with van der Waals surface area (Å²) >= 11 is 0. The summed E-state index contributed by atoms with van der Waals surface area (Å²) < 4.78 is 10.6. The van der Waals surface area contributed by atoms with Gasteiger partial charge < -0.3 is 20.1 Å². The van der Waals surface area contributed by atoms with Crippen LogP contribution in [-0.4, -0.2) is 22.7 Å². The molecule has 7 nitrogen and oxygen atoms in total. The van der Waals surface area contributed by atoms with Gasteiger partial charge >= 0.3 is 0 Å². The lowest BCUT2D eigenvalue weighted by atomic mass is 10.1. The first-order chi connectivity index (χ1) is 13.2. The molecule has 4 rings (SSSR count). The van der Waals surface area contributed by atoms with Crippen LogP contribution in [0.1, 0.15) is 21.6 Å². The van der Waals surface area contributed by atoms with E-state index in [2.05, 4.69) is 51.8 Å². The largest absolute Gasteiger partial charge is 0.454 e. The molecule has 1 aliphatic rings. The van der Waals surface area contributed by atoms with Gasteiger partial charge in [0.05, 0.1) is 12.4 Å². The van der Waals surface area contributed by atoms with Crippen molar-refractivity contribution in [2.45, 2.75) is 13.5 Å². The number of hydrogen-bond donors (Lipinski definition) is 2. The van der Waals surface area contributed by atoms with Crippen molar-refractivity contribution in [3.63, 3.8) is 0 Å². The van der Waals surface area contributed by atoms with Crippen molar-refractivity contribution in [1.29, 1.82) is 0 Å². The molecule has 2 N–H and O–H groups in total. The predicted octanol–water partition coefficient (Wildman–Crippen LogP) is 3.38. The SMILES string of the molecule is Cc1ccc(CNc2cnc(C(=O)Nc3ccc4c(c3)OCO4)cn2)cc1. The van der Waals surface area contributed by atoms with Crippen LogP contribution in [0, 0.1) is 6.92 Å². The summed E-state index contributed by atoms with van der Waals surface area (Å²) in [5.41, 5.74) is 3.20. The van der Waals surface area contributed by atoms with Gasteiger partial charge in [-0.25, -0.2) is 9.97 Å². The van der Waals surface area contributed by atoms with Gasteiger partial charge in [-0.15, -0.1) is 0 Å². The molecule has 7 heteroatoms. The van der Waals surface area contributed by atoms with Crippen molar-refractivity contribution >= 4 is 17.4 Å². The Balaban J connectivity index is 1.36. The van der Waals surface area contributed by atoms with Gasteiger partial charge in [0.25, 0.3) is 5.91 Å². The second-order valence-electron chi connectivity index (χ2n) is 6.15. The minimum absolute atomic E-state index is 0.190. The van der Waals surface area contributed by atoms with Crippen LogP contribution in [0.15, 0.2) is 54.9 Å². The van der Waals surface area contributed by atoms with Crippen molar-refractivity contribution in [3.8, 4) is 11.5 Å². The summed E-state index contributed by atoms with van der Waals surface area (Å²) in [4.78, 5) is 20.8. The first-order valence-corrected chi connectivity index (χ1v) is 8.50. The second-order valence-corrected chi connectivity index (χ2v) is 6.15. The highest BCUT2D eigenvalue weighted by Crippen LogP contribution is 2.34. The van der Waals surface area contributed by atoms with Crippen LogP contribution < -0.4 is 20.1 Å². The van der Waals surface area contributed by atoms with E-state index in [0.717, 1.165) is 5.56 Å². The van der Waals surface area contributed by atoms with Gasteiger partial charge in [-0.2, -0.15) is 0 Å². The van der Waals surface area contributed by atoms with Gasteiger partial charge in [-0.3, -0.25) is 4.79 Å². The van der Waals surface area contributed by atoms with E-state index in [1.165, 1.54) is 11.8 Å². The van der Waals surface area contributed by atoms with Crippen LogP contribution in [0.25, 0.3) is 0 Å². The van der Waals surface area contributed by atoms with Gasteiger partial charge in [0.15, 0.2) is 11.5 Å². The quantitative estimate of drug-likeness (QED) is 0.724. The molecule has 0 unspecified atom stereocenters. The number of benzene rings is 2. The molecule has 0 aliphatic carbocycles. The average molecular weight is 362 g/mol. The standard InChI is InChI=1S/C20H18N4O3/c1-13-2-4-14(5-3-13)9-22-19-11-21-16(10-23-19)20(25)24-15-6-7-17-18(8-15)27-12-26-17/h2-8,10-11H,9,12H2,1H3,(H,22,23)(H,24,25). The Morgan fingerprint density at radius 3 is 2.63 bits per heavy atom. The van der Waals surface area contributed by atoms with Crippen LogP contribution in [0.5, 0.6) is 11.5 Å². The molecule has 0 saturated carbocycles. The molecular weight excluding hydrogens is 344 g/mol. The van der Waals surface area contributed by atoms with E-state index in [9.17, 15) is 4.79 Å². The predicted molar refractivity (Wildman–Crippen MR) is 101 cm³/mol. The summed E-state index contributed by atoms with van der Waals surface area (Å²) in [6.07, 6.45) is 2.99. The third-order valence-corrected chi connectivity index (χ3v) is 4.11. The number of anilines is 2. The fourth-order valence-electron chi connectivity index (χ4n) is 2.60. The molecular formula is C20H18N4O3. The van der Waals surface area contributed by atoms with Crippen molar-refractivity contribution in [2.24, 2.45) is 0 Å². The molecule has 0 atom stereocenters. The maximum atomic E-state index is 12.3. The number of ether oxygens (including phenoxy) is 2. The molecule has 0 bridgehead atoms. The Kier molecular flexibility index (Phi) is 4.57. The van der Waals surface area contributed by atoms with Crippen molar-refractivity contribution in [3.05, 3.63) is 71.7 Å². The molecule has 1 amide bonds. The second kappa shape index (κ2) is 7.33. The number of amides is 1. The summed E-state index contributed by atoms with van der Waals surface area (Å²) in [7, 11) is 0. The number of hydrogen-bond acceptors (Lipinski definition) is 6. The monoisotopic (exact) mass is 362 g/mol. The lowest BCUT2D eigenvalue weighted by Crippen LogP contribution is -2.14. The highest BCUT2D eigenvalue weighted by atomic mass is 16.7. The minimum Gasteiger partial charge on any atom is -0.454 e. The van der Waals surface area contributed by atoms with Crippen LogP contribution in [0.2, 0.25) is 0 Å². The fourth-order valence-corrected chi connectivity index (χ4v) is 2.60. The maximum absolute atomic E-state index is 12.3. The van der Waals surface area contributed by atoms with Crippen molar-refractivity contribution in [2.75, 3.05) is 17.4 Å². The van der Waals surface area contributed by atoms with Crippen LogP contribution in [0.3, 0.4) is 0 Å². The Hall–Kier alpha value is -3.61. The zero-order valence-corrected chi connectivity index (χ0v) is 14.7. The smallest absolute Gasteiger partial charge is 0.275 e. The van der Waals surface area contributed by atoms with Gasteiger partial charge in [0.2, 0.25) is 6.79 Å². The van der Waals surface area contributed by atoms with E-state index >= 15 is 0 Å². The van der Waals surface area contributed by atoms with Crippen molar-refractivity contribution < 1.29 is 14.3 Å². The van der Waals surface area contributed by atoms with E-state index in [1.54, 1.807) is 24.4 Å². The van der Waals surface area contributed by atoms with Gasteiger partial charge in [-0.1, -0.05) is 29.8 Å². The number of nitrogens with zero attached hydrogens (tertiary/aromatic N) is 2. The third-order valence-electron chi connectivity index (χ3n) is 4.11. The summed E-state index contributed by atoms with van der Waals surface area (Å²) in [6, 6.07) is 13.5. The van der Waals surface area contributed by atoms with Crippen molar-refractivity contribution in [1.82, 2.24) is 9.97 Å². The number of aryl methyl sites for hydroxylation is 1. The number of rotatable bonds is 5. The summed E-state index contributed by atoms with van der Waals surface area (Å²) in [5.74, 6) is 1.54. The zero-order valence-electron chi connectivity index (χ0n) is 14.7. The van der Waals surface area contributed by atoms with E-state index in [1.807, 2.05) is 0 Å². The van der Waals surface area contributed by atoms with Crippen LogP contribution >= 0.6 is 0 Å². The molecule has 0 saturated heterocycles. The van der Waals surface area contributed by atoms with E-state index in [0.29, 0.717) is 29.5 Å². The number of carbonyl (C=O) groups excluding carboxylic acids is 1. The molecule has 136 valence electrons. The first kappa shape index (κ1) is 16.8. The van der Waals surface area contributed by atoms with E-state index < -0.39 is 0 Å². The van der Waals surface area contributed by atoms with Gasteiger partial charge in [0, 0.05) is 18.3 Å².